The molecule has 3 rings (SSSR count). The van der Waals surface area contributed by atoms with Crippen molar-refractivity contribution >= 4 is 27.6 Å². The topological polar surface area (TPSA) is 107 Å². The molecule has 198 valence electrons. The second kappa shape index (κ2) is 11.6. The van der Waals surface area contributed by atoms with E-state index in [0.29, 0.717) is 5.92 Å². The fraction of sp³-hybridized carbons (Fsp3) is 0.500. The van der Waals surface area contributed by atoms with Crippen molar-refractivity contribution in [1.29, 1.82) is 0 Å². The maximum atomic E-state index is 14.1. The van der Waals surface area contributed by atoms with Gasteiger partial charge in [-0.2, -0.15) is 4.31 Å². The van der Waals surface area contributed by atoms with Crippen molar-refractivity contribution in [3.63, 3.8) is 0 Å². The first kappa shape index (κ1) is 28.5. The molecule has 0 radical (unpaired) electrons. The van der Waals surface area contributed by atoms with Gasteiger partial charge in [-0.05, 0) is 74.3 Å². The number of aliphatic hydroxyl groups is 1. The number of rotatable bonds is 12. The van der Waals surface area contributed by atoms with E-state index in [9.17, 15) is 22.7 Å². The lowest BCUT2D eigenvalue weighted by atomic mass is 9.88. The van der Waals surface area contributed by atoms with Crippen LogP contribution in [0.5, 0.6) is 0 Å². The van der Waals surface area contributed by atoms with E-state index in [2.05, 4.69) is 43.4 Å². The molecule has 36 heavy (non-hydrogen) atoms. The number of hydrogen-bond donors (Lipinski definition) is 3. The number of sulfonamides is 1. The lowest BCUT2D eigenvalue weighted by Gasteiger charge is -2.31. The summed E-state index contributed by atoms with van der Waals surface area (Å²) in [4.78, 5) is 10.4. The number of carboxylic acid groups (broad SMARTS) is 1. The zero-order valence-corrected chi connectivity index (χ0v) is 22.4. The largest absolute Gasteiger partial charge is 0.481 e. The first-order valence-electron chi connectivity index (χ1n) is 11.9. The monoisotopic (exact) mass is 540 g/mol. The van der Waals surface area contributed by atoms with Crippen molar-refractivity contribution in [2.75, 3.05) is 20.1 Å². The molecule has 1 atom stereocenters. The Hall–Kier alpha value is -2.04. The van der Waals surface area contributed by atoms with Crippen LogP contribution < -0.4 is 5.32 Å². The molecular weight excluding hydrogens is 507 g/mol. The highest BCUT2D eigenvalue weighted by Gasteiger charge is 2.30. The number of aliphatic carboxylic acids is 1. The van der Waals surface area contributed by atoms with Crippen molar-refractivity contribution < 1.29 is 27.8 Å². The minimum atomic E-state index is -4.23. The molecule has 3 N–H and O–H groups in total. The number of fused-ring (bicyclic) bond motifs is 1. The highest BCUT2D eigenvalue weighted by atomic mass is 35.5. The Morgan fingerprint density at radius 3 is 2.44 bits per heavy atom. The Morgan fingerprint density at radius 1 is 1.25 bits per heavy atom. The van der Waals surface area contributed by atoms with Gasteiger partial charge < -0.3 is 15.5 Å². The molecule has 0 aromatic heterocycles. The van der Waals surface area contributed by atoms with Gasteiger partial charge in [0.2, 0.25) is 10.0 Å². The average molecular weight is 541 g/mol. The third-order valence-electron chi connectivity index (χ3n) is 6.59. The van der Waals surface area contributed by atoms with Gasteiger partial charge in [0.05, 0.1) is 11.1 Å². The molecule has 1 aliphatic carbocycles. The molecule has 0 bridgehead atoms. The molecule has 0 saturated carbocycles. The van der Waals surface area contributed by atoms with Crippen molar-refractivity contribution in [3.8, 4) is 0 Å². The number of nitrogens with zero attached hydrogens (tertiary/aromatic N) is 1. The van der Waals surface area contributed by atoms with Crippen LogP contribution in [0.4, 0.5) is 4.39 Å². The second-order valence-corrected chi connectivity index (χ2v) is 12.6. The average Bonchev–Trinajstić information content (AvgIpc) is 3.19. The number of hydrogen-bond acceptors (Lipinski definition) is 5. The number of carboxylic acids is 1. The molecule has 2 aromatic rings. The van der Waals surface area contributed by atoms with Crippen molar-refractivity contribution in [2.24, 2.45) is 5.92 Å². The van der Waals surface area contributed by atoms with Crippen molar-refractivity contribution in [1.82, 2.24) is 9.62 Å². The van der Waals surface area contributed by atoms with E-state index in [-0.39, 0.29) is 42.1 Å². The van der Waals surface area contributed by atoms with Gasteiger partial charge in [0, 0.05) is 32.1 Å². The van der Waals surface area contributed by atoms with Gasteiger partial charge in [0.25, 0.3) is 0 Å². The van der Waals surface area contributed by atoms with Gasteiger partial charge in [-0.15, -0.1) is 0 Å². The summed E-state index contributed by atoms with van der Waals surface area (Å²) in [5.74, 6) is -1.44. The fourth-order valence-corrected chi connectivity index (χ4v) is 6.66. The zero-order valence-electron chi connectivity index (χ0n) is 20.8. The fourth-order valence-electron chi connectivity index (χ4n) is 4.84. The van der Waals surface area contributed by atoms with Crippen LogP contribution in [0, 0.1) is 11.7 Å². The Labute approximate surface area is 217 Å². The number of β-amino-alcohol motifs (C(OH)–C–C–N with tert-alkyl or cyclic N) is 1. The van der Waals surface area contributed by atoms with Gasteiger partial charge in [0.1, 0.15) is 10.7 Å². The maximum absolute atomic E-state index is 14.1. The Balaban J connectivity index is 1.59. The summed E-state index contributed by atoms with van der Waals surface area (Å²) >= 11 is 6.22. The summed E-state index contributed by atoms with van der Waals surface area (Å²) in [5, 5.41) is 22.6. The van der Waals surface area contributed by atoms with Crippen molar-refractivity contribution in [3.05, 3.63) is 63.9 Å². The quantitative estimate of drug-likeness (QED) is 0.379. The van der Waals surface area contributed by atoms with Crippen LogP contribution in [-0.4, -0.2) is 60.7 Å². The predicted octanol–water partition coefficient (Wildman–Crippen LogP) is 3.65. The number of benzene rings is 2. The molecule has 0 amide bonds. The van der Waals surface area contributed by atoms with Gasteiger partial charge in [-0.1, -0.05) is 35.9 Å². The van der Waals surface area contributed by atoms with E-state index in [4.69, 9.17) is 16.7 Å². The number of carbonyl (C=O) groups is 1. The summed E-state index contributed by atoms with van der Waals surface area (Å²) in [5.41, 5.74) is 2.60. The van der Waals surface area contributed by atoms with E-state index in [1.807, 2.05) is 0 Å². The summed E-state index contributed by atoms with van der Waals surface area (Å²) in [6.45, 7) is 4.08. The van der Waals surface area contributed by atoms with E-state index < -0.39 is 32.8 Å². The van der Waals surface area contributed by atoms with Crippen LogP contribution in [0.15, 0.2) is 41.3 Å². The molecule has 0 saturated heterocycles. The van der Waals surface area contributed by atoms with Crippen LogP contribution in [0.1, 0.15) is 43.4 Å². The van der Waals surface area contributed by atoms with Crippen molar-refractivity contribution in [2.45, 2.75) is 62.5 Å². The highest BCUT2D eigenvalue weighted by molar-refractivity contribution is 7.89. The summed E-state index contributed by atoms with van der Waals surface area (Å²) in [6, 6.07) is 10.3. The molecule has 0 spiro atoms. The van der Waals surface area contributed by atoms with Gasteiger partial charge in [-0.3, -0.25) is 4.79 Å². The summed E-state index contributed by atoms with van der Waals surface area (Å²) in [7, 11) is -2.94. The van der Waals surface area contributed by atoms with E-state index >= 15 is 0 Å². The van der Waals surface area contributed by atoms with Crippen LogP contribution in [0.3, 0.4) is 0 Å². The predicted molar refractivity (Wildman–Crippen MR) is 137 cm³/mol. The molecule has 7 nitrogen and oxygen atoms in total. The maximum Gasteiger partial charge on any atom is 0.303 e. The van der Waals surface area contributed by atoms with Gasteiger partial charge in [0.15, 0.2) is 0 Å². The summed E-state index contributed by atoms with van der Waals surface area (Å²) < 4.78 is 41.3. The smallest absolute Gasteiger partial charge is 0.303 e. The normalized spacial score (nSPS) is 15.3. The first-order chi connectivity index (χ1) is 16.8. The molecule has 0 aliphatic heterocycles. The molecular formula is C26H34ClFN2O5S. The lowest BCUT2D eigenvalue weighted by molar-refractivity contribution is -0.136. The number of nitrogens with one attached hydrogen (secondary N) is 1. The Kier molecular flexibility index (Phi) is 9.16. The van der Waals surface area contributed by atoms with E-state index in [0.717, 1.165) is 35.7 Å². The molecule has 0 fully saturated rings. The SMILES string of the molecule is CN(CC(O)CNC(C)(C)CC1Cc2ccccc2C1)S(=O)(=O)c1cc(F)cc(CCC(=O)O)c1Cl. The standard InChI is InChI=1S/C26H34ClFN2O5S/c1-26(2,14-17-10-18-6-4-5-7-19(18)11-17)29-15-22(31)16-30(3)36(34,35)23-13-21(28)12-20(25(23)27)8-9-24(32)33/h4-7,12-13,17,22,29,31H,8-11,14-16H2,1-3H3,(H,32,33). The zero-order chi connectivity index (χ0) is 26.7. The van der Waals surface area contributed by atoms with Crippen LogP contribution in [-0.2, 0) is 34.1 Å². The number of likely N-dealkylation sites (N-methyl/N-ethyl adjacent to an activating group) is 1. The van der Waals surface area contributed by atoms with E-state index in [1.165, 1.54) is 18.2 Å². The third-order valence-corrected chi connectivity index (χ3v) is 9.00. The second-order valence-electron chi connectivity index (χ2n) is 10.2. The number of halogens is 2. The lowest BCUT2D eigenvalue weighted by Crippen LogP contribution is -2.47. The summed E-state index contributed by atoms with van der Waals surface area (Å²) in [6.07, 6.45) is 1.52. The van der Waals surface area contributed by atoms with Crippen LogP contribution in [0.2, 0.25) is 5.02 Å². The molecule has 10 heteroatoms. The minimum Gasteiger partial charge on any atom is -0.481 e. The Morgan fingerprint density at radius 2 is 1.86 bits per heavy atom. The van der Waals surface area contributed by atoms with E-state index in [1.54, 1.807) is 0 Å². The number of aliphatic hydroxyl groups excluding tert-OH is 1. The molecule has 1 aliphatic rings. The first-order valence-corrected chi connectivity index (χ1v) is 13.8. The third kappa shape index (κ3) is 7.26. The minimum absolute atomic E-state index is 0.101. The Bertz CT molecular complexity index is 1180. The molecule has 0 heterocycles. The molecule has 1 unspecified atom stereocenters. The number of aryl methyl sites for hydroxylation is 1. The van der Waals surface area contributed by atoms with Crippen LogP contribution in [0.25, 0.3) is 0 Å². The van der Waals surface area contributed by atoms with Gasteiger partial charge >= 0.3 is 5.97 Å². The highest BCUT2D eigenvalue weighted by Crippen LogP contribution is 2.32. The molecule has 2 aromatic carbocycles. The van der Waals surface area contributed by atoms with Gasteiger partial charge in [-0.25, -0.2) is 12.8 Å². The van der Waals surface area contributed by atoms with Crippen LogP contribution >= 0.6 is 11.6 Å².